The number of carbonyl (C=O) groups is 1. The number of anilines is 1. The standard InChI is InChI=1S/C17H29N3O/c1-5-6-14(4)19-17(21)12-20(13(2)3)11-15-7-9-16(18)10-8-15/h7-10,13-14H,5-6,11-12,18H2,1-4H3,(H,19,21). The number of amides is 1. The van der Waals surface area contributed by atoms with Gasteiger partial charge in [-0.15, -0.1) is 0 Å². The molecule has 1 aromatic carbocycles. The first kappa shape index (κ1) is 17.5. The summed E-state index contributed by atoms with van der Waals surface area (Å²) >= 11 is 0. The van der Waals surface area contributed by atoms with Gasteiger partial charge in [-0.3, -0.25) is 9.69 Å². The predicted molar refractivity (Wildman–Crippen MR) is 88.9 cm³/mol. The molecule has 0 fully saturated rings. The predicted octanol–water partition coefficient (Wildman–Crippen LogP) is 2.78. The maximum Gasteiger partial charge on any atom is 0.234 e. The van der Waals surface area contributed by atoms with Gasteiger partial charge in [0, 0.05) is 24.3 Å². The number of nitrogens with zero attached hydrogens (tertiary/aromatic N) is 1. The number of hydrogen-bond acceptors (Lipinski definition) is 3. The Bertz CT molecular complexity index is 428. The van der Waals surface area contributed by atoms with Gasteiger partial charge in [0.1, 0.15) is 0 Å². The fourth-order valence-corrected chi connectivity index (χ4v) is 2.29. The molecule has 0 saturated heterocycles. The Balaban J connectivity index is 2.57. The highest BCUT2D eigenvalue weighted by molar-refractivity contribution is 5.78. The third-order valence-electron chi connectivity index (χ3n) is 3.57. The molecule has 1 amide bonds. The van der Waals surface area contributed by atoms with Gasteiger partial charge in [-0.1, -0.05) is 25.5 Å². The van der Waals surface area contributed by atoms with Crippen LogP contribution in [0.15, 0.2) is 24.3 Å². The van der Waals surface area contributed by atoms with E-state index in [2.05, 4.69) is 37.9 Å². The number of nitrogens with one attached hydrogen (secondary N) is 1. The fourth-order valence-electron chi connectivity index (χ4n) is 2.29. The molecule has 4 heteroatoms. The molecule has 0 aliphatic carbocycles. The van der Waals surface area contributed by atoms with Crippen LogP contribution >= 0.6 is 0 Å². The van der Waals surface area contributed by atoms with Gasteiger partial charge in [0.25, 0.3) is 0 Å². The van der Waals surface area contributed by atoms with Gasteiger partial charge in [-0.25, -0.2) is 0 Å². The van der Waals surface area contributed by atoms with E-state index in [0.717, 1.165) is 25.1 Å². The van der Waals surface area contributed by atoms with Crippen LogP contribution in [0.2, 0.25) is 0 Å². The number of hydrogen-bond donors (Lipinski definition) is 2. The van der Waals surface area contributed by atoms with Crippen LogP contribution in [0.3, 0.4) is 0 Å². The van der Waals surface area contributed by atoms with Crippen LogP contribution in [-0.2, 0) is 11.3 Å². The molecule has 1 atom stereocenters. The SMILES string of the molecule is CCCC(C)NC(=O)CN(Cc1ccc(N)cc1)C(C)C. The lowest BCUT2D eigenvalue weighted by Gasteiger charge is -2.26. The van der Waals surface area contributed by atoms with E-state index < -0.39 is 0 Å². The number of carbonyl (C=O) groups excluding carboxylic acids is 1. The Morgan fingerprint density at radius 1 is 1.24 bits per heavy atom. The smallest absolute Gasteiger partial charge is 0.234 e. The highest BCUT2D eigenvalue weighted by Crippen LogP contribution is 2.10. The Hall–Kier alpha value is -1.55. The summed E-state index contributed by atoms with van der Waals surface area (Å²) in [4.78, 5) is 14.3. The van der Waals surface area contributed by atoms with Crippen LogP contribution in [0.1, 0.15) is 46.1 Å². The number of nitrogens with two attached hydrogens (primary N) is 1. The molecule has 0 heterocycles. The first-order valence-electron chi connectivity index (χ1n) is 7.80. The molecule has 0 spiro atoms. The van der Waals surface area contributed by atoms with E-state index in [1.807, 2.05) is 24.3 Å². The molecule has 118 valence electrons. The second-order valence-corrected chi connectivity index (χ2v) is 6.00. The average Bonchev–Trinajstić information content (AvgIpc) is 2.40. The Labute approximate surface area is 128 Å². The molecule has 3 N–H and O–H groups in total. The molecule has 4 nitrogen and oxygen atoms in total. The van der Waals surface area contributed by atoms with Gasteiger partial charge in [0.15, 0.2) is 0 Å². The van der Waals surface area contributed by atoms with Gasteiger partial charge in [0.2, 0.25) is 5.91 Å². The first-order chi connectivity index (χ1) is 9.92. The van der Waals surface area contributed by atoms with Crippen molar-refractivity contribution in [3.8, 4) is 0 Å². The van der Waals surface area contributed by atoms with E-state index in [1.54, 1.807) is 0 Å². The Morgan fingerprint density at radius 2 is 1.86 bits per heavy atom. The van der Waals surface area contributed by atoms with Crippen molar-refractivity contribution in [2.24, 2.45) is 0 Å². The molecule has 0 aliphatic rings. The minimum Gasteiger partial charge on any atom is -0.399 e. The fraction of sp³-hybridized carbons (Fsp3) is 0.588. The lowest BCUT2D eigenvalue weighted by molar-refractivity contribution is -0.123. The second kappa shape index (κ2) is 8.67. The molecular weight excluding hydrogens is 262 g/mol. The lowest BCUT2D eigenvalue weighted by atomic mass is 10.1. The minimum atomic E-state index is 0.0973. The van der Waals surface area contributed by atoms with Crippen molar-refractivity contribution in [2.75, 3.05) is 12.3 Å². The monoisotopic (exact) mass is 291 g/mol. The van der Waals surface area contributed by atoms with Crippen LogP contribution in [0, 0.1) is 0 Å². The third kappa shape index (κ3) is 6.63. The number of benzene rings is 1. The van der Waals surface area contributed by atoms with E-state index in [9.17, 15) is 4.79 Å². The van der Waals surface area contributed by atoms with Crippen LogP contribution in [0.25, 0.3) is 0 Å². The molecule has 1 unspecified atom stereocenters. The van der Waals surface area contributed by atoms with Gasteiger partial charge in [-0.2, -0.15) is 0 Å². The van der Waals surface area contributed by atoms with Gasteiger partial charge >= 0.3 is 0 Å². The average molecular weight is 291 g/mol. The molecule has 21 heavy (non-hydrogen) atoms. The summed E-state index contributed by atoms with van der Waals surface area (Å²) in [6, 6.07) is 8.39. The molecular formula is C17H29N3O. The number of rotatable bonds is 8. The summed E-state index contributed by atoms with van der Waals surface area (Å²) in [5.41, 5.74) is 7.64. The van der Waals surface area contributed by atoms with Crippen LogP contribution in [-0.4, -0.2) is 29.4 Å². The minimum absolute atomic E-state index is 0.0973. The zero-order valence-corrected chi connectivity index (χ0v) is 13.7. The van der Waals surface area contributed by atoms with Crippen molar-refractivity contribution in [1.82, 2.24) is 10.2 Å². The molecule has 0 saturated carbocycles. The maximum atomic E-state index is 12.1. The van der Waals surface area contributed by atoms with Gasteiger partial charge in [0.05, 0.1) is 6.54 Å². The van der Waals surface area contributed by atoms with Crippen LogP contribution in [0.4, 0.5) is 5.69 Å². The van der Waals surface area contributed by atoms with Crippen molar-refractivity contribution < 1.29 is 4.79 Å². The zero-order valence-electron chi connectivity index (χ0n) is 13.7. The van der Waals surface area contributed by atoms with Crippen molar-refractivity contribution in [3.05, 3.63) is 29.8 Å². The molecule has 0 aromatic heterocycles. The van der Waals surface area contributed by atoms with E-state index in [4.69, 9.17) is 5.73 Å². The summed E-state index contributed by atoms with van der Waals surface area (Å²) in [5, 5.41) is 3.06. The van der Waals surface area contributed by atoms with Crippen molar-refractivity contribution in [3.63, 3.8) is 0 Å². The summed E-state index contributed by atoms with van der Waals surface area (Å²) in [6.07, 6.45) is 2.10. The largest absolute Gasteiger partial charge is 0.399 e. The van der Waals surface area contributed by atoms with Gasteiger partial charge < -0.3 is 11.1 Å². The van der Waals surface area contributed by atoms with E-state index in [-0.39, 0.29) is 11.9 Å². The summed E-state index contributed by atoms with van der Waals surface area (Å²) in [6.45, 7) is 9.59. The summed E-state index contributed by atoms with van der Waals surface area (Å²) in [5.74, 6) is 0.0973. The van der Waals surface area contributed by atoms with E-state index >= 15 is 0 Å². The van der Waals surface area contributed by atoms with E-state index in [1.165, 1.54) is 5.56 Å². The quantitative estimate of drug-likeness (QED) is 0.724. The van der Waals surface area contributed by atoms with Crippen molar-refractivity contribution in [1.29, 1.82) is 0 Å². The lowest BCUT2D eigenvalue weighted by Crippen LogP contribution is -2.43. The van der Waals surface area contributed by atoms with Crippen molar-refractivity contribution >= 4 is 11.6 Å². The van der Waals surface area contributed by atoms with Crippen LogP contribution < -0.4 is 11.1 Å². The number of nitrogen functional groups attached to an aromatic ring is 1. The summed E-state index contributed by atoms with van der Waals surface area (Å²) < 4.78 is 0. The molecule has 0 aliphatic heterocycles. The Kier molecular flexibility index (Phi) is 7.23. The first-order valence-corrected chi connectivity index (χ1v) is 7.80. The maximum absolute atomic E-state index is 12.1. The summed E-state index contributed by atoms with van der Waals surface area (Å²) in [7, 11) is 0. The molecule has 1 aromatic rings. The molecule has 0 radical (unpaired) electrons. The van der Waals surface area contributed by atoms with E-state index in [0.29, 0.717) is 12.6 Å². The highest BCUT2D eigenvalue weighted by Gasteiger charge is 2.15. The van der Waals surface area contributed by atoms with Crippen LogP contribution in [0.5, 0.6) is 0 Å². The highest BCUT2D eigenvalue weighted by atomic mass is 16.2. The second-order valence-electron chi connectivity index (χ2n) is 6.00. The molecule has 0 bridgehead atoms. The Morgan fingerprint density at radius 3 is 2.38 bits per heavy atom. The zero-order chi connectivity index (χ0) is 15.8. The normalized spacial score (nSPS) is 12.7. The molecule has 1 rings (SSSR count). The topological polar surface area (TPSA) is 58.4 Å². The third-order valence-corrected chi connectivity index (χ3v) is 3.57. The van der Waals surface area contributed by atoms with Gasteiger partial charge in [-0.05, 0) is 44.9 Å². The van der Waals surface area contributed by atoms with Crippen molar-refractivity contribution in [2.45, 2.75) is 59.2 Å².